The Kier molecular flexibility index (Phi) is 5.05. The van der Waals surface area contributed by atoms with Crippen LogP contribution in [0.3, 0.4) is 0 Å². The van der Waals surface area contributed by atoms with Crippen molar-refractivity contribution in [2.45, 2.75) is 38.6 Å². The summed E-state index contributed by atoms with van der Waals surface area (Å²) >= 11 is 0. The Morgan fingerprint density at radius 3 is 2.95 bits per heavy atom. The minimum atomic E-state index is -2.77. The molecule has 0 aromatic carbocycles. The lowest BCUT2D eigenvalue weighted by atomic mass is 9.95. The van der Waals surface area contributed by atoms with Crippen LogP contribution in [0.2, 0.25) is 0 Å². The molecule has 1 saturated heterocycles. The van der Waals surface area contributed by atoms with Crippen molar-refractivity contribution in [3.05, 3.63) is 24.2 Å². The largest absolute Gasteiger partial charge is 0.472 e. The molecular weight excluding hydrogens is 262 g/mol. The van der Waals surface area contributed by atoms with Crippen LogP contribution in [0.5, 0.6) is 0 Å². The van der Waals surface area contributed by atoms with Gasteiger partial charge in [-0.05, 0) is 49.8 Å². The van der Waals surface area contributed by atoms with Crippen molar-refractivity contribution in [3.63, 3.8) is 0 Å². The van der Waals surface area contributed by atoms with Gasteiger partial charge in [-0.2, -0.15) is 0 Å². The first kappa shape index (κ1) is 14.6. The van der Waals surface area contributed by atoms with Crippen LogP contribution in [0.25, 0.3) is 0 Å². The maximum Gasteiger partial charge on any atom is 0.150 e. The van der Waals surface area contributed by atoms with Gasteiger partial charge in [-0.1, -0.05) is 6.92 Å². The fraction of sp³-hybridized carbons (Fsp3) is 0.714. The lowest BCUT2D eigenvalue weighted by Gasteiger charge is -2.20. The van der Waals surface area contributed by atoms with Crippen molar-refractivity contribution >= 4 is 9.84 Å². The first-order chi connectivity index (χ1) is 9.09. The molecule has 2 atom stereocenters. The number of hydrogen-bond acceptors (Lipinski definition) is 4. The molecule has 2 heterocycles. The second-order valence-electron chi connectivity index (χ2n) is 5.49. The van der Waals surface area contributed by atoms with Crippen LogP contribution < -0.4 is 5.32 Å². The third kappa shape index (κ3) is 4.66. The molecule has 19 heavy (non-hydrogen) atoms. The molecule has 5 heteroatoms. The van der Waals surface area contributed by atoms with Gasteiger partial charge in [0, 0.05) is 6.04 Å². The fourth-order valence-electron chi connectivity index (χ4n) is 2.74. The first-order valence-electron chi connectivity index (χ1n) is 7.04. The summed E-state index contributed by atoms with van der Waals surface area (Å²) in [5.74, 6) is 1.04. The number of hydrogen-bond donors (Lipinski definition) is 1. The van der Waals surface area contributed by atoms with Gasteiger partial charge in [-0.15, -0.1) is 0 Å². The van der Waals surface area contributed by atoms with Gasteiger partial charge in [0.05, 0.1) is 24.0 Å². The van der Waals surface area contributed by atoms with E-state index >= 15 is 0 Å². The molecule has 0 aliphatic carbocycles. The predicted molar refractivity (Wildman–Crippen MR) is 75.9 cm³/mol. The van der Waals surface area contributed by atoms with E-state index in [2.05, 4.69) is 12.2 Å². The van der Waals surface area contributed by atoms with Gasteiger partial charge in [0.15, 0.2) is 9.84 Å². The van der Waals surface area contributed by atoms with Crippen LogP contribution >= 0.6 is 0 Å². The summed E-state index contributed by atoms with van der Waals surface area (Å²) in [7, 11) is -2.77. The number of furan rings is 1. The second kappa shape index (κ2) is 6.57. The molecular formula is C14H23NO3S. The molecule has 1 N–H and O–H groups in total. The molecule has 108 valence electrons. The molecule has 0 spiro atoms. The Labute approximate surface area is 115 Å². The maximum absolute atomic E-state index is 11.5. The number of rotatable bonds is 7. The molecule has 1 aliphatic rings. The molecule has 0 radical (unpaired) electrons. The van der Waals surface area contributed by atoms with E-state index < -0.39 is 9.84 Å². The highest BCUT2D eigenvalue weighted by Gasteiger charge is 2.29. The third-order valence-electron chi connectivity index (χ3n) is 3.69. The summed E-state index contributed by atoms with van der Waals surface area (Å²) in [6, 6.07) is 2.32. The monoisotopic (exact) mass is 285 g/mol. The van der Waals surface area contributed by atoms with Gasteiger partial charge < -0.3 is 9.73 Å². The summed E-state index contributed by atoms with van der Waals surface area (Å²) in [5, 5.41) is 3.53. The molecule has 2 unspecified atom stereocenters. The minimum absolute atomic E-state index is 0.311. The van der Waals surface area contributed by atoms with E-state index in [4.69, 9.17) is 4.42 Å². The van der Waals surface area contributed by atoms with E-state index in [1.165, 1.54) is 5.56 Å². The van der Waals surface area contributed by atoms with Gasteiger partial charge in [0.25, 0.3) is 0 Å². The standard InChI is InChI=1S/C14H23NO3S/c1-2-5-15-14(8-12-3-6-18-10-12)9-13-4-7-19(16,17)11-13/h3,6,10,13-15H,2,4-5,7-9,11H2,1H3. The molecule has 0 bridgehead atoms. The summed E-state index contributed by atoms with van der Waals surface area (Å²) in [6.07, 6.45) is 7.21. The summed E-state index contributed by atoms with van der Waals surface area (Å²) < 4.78 is 28.1. The van der Waals surface area contributed by atoms with E-state index in [9.17, 15) is 8.42 Å². The van der Waals surface area contributed by atoms with E-state index in [-0.39, 0.29) is 0 Å². The molecule has 1 aliphatic heterocycles. The van der Waals surface area contributed by atoms with Crippen LogP contribution in [0.1, 0.15) is 31.7 Å². The fourth-order valence-corrected chi connectivity index (χ4v) is 4.62. The van der Waals surface area contributed by atoms with Crippen molar-refractivity contribution in [1.29, 1.82) is 0 Å². The summed E-state index contributed by atoms with van der Waals surface area (Å²) in [6.45, 7) is 3.12. The van der Waals surface area contributed by atoms with Gasteiger partial charge in [0.2, 0.25) is 0 Å². The summed E-state index contributed by atoms with van der Waals surface area (Å²) in [5.41, 5.74) is 1.18. The van der Waals surface area contributed by atoms with Gasteiger partial charge in [-0.3, -0.25) is 0 Å². The Hall–Kier alpha value is -0.810. The highest BCUT2D eigenvalue weighted by Crippen LogP contribution is 2.24. The van der Waals surface area contributed by atoms with E-state index in [0.29, 0.717) is 23.5 Å². The van der Waals surface area contributed by atoms with Crippen LogP contribution in [0, 0.1) is 5.92 Å². The molecule has 1 fully saturated rings. The Morgan fingerprint density at radius 1 is 1.53 bits per heavy atom. The lowest BCUT2D eigenvalue weighted by molar-refractivity contribution is 0.401. The smallest absolute Gasteiger partial charge is 0.150 e. The van der Waals surface area contributed by atoms with Gasteiger partial charge in [-0.25, -0.2) is 8.42 Å². The van der Waals surface area contributed by atoms with Crippen molar-refractivity contribution < 1.29 is 12.8 Å². The zero-order chi connectivity index (χ0) is 13.7. The first-order valence-corrected chi connectivity index (χ1v) is 8.86. The lowest BCUT2D eigenvalue weighted by Crippen LogP contribution is -2.34. The minimum Gasteiger partial charge on any atom is -0.472 e. The Morgan fingerprint density at radius 2 is 2.37 bits per heavy atom. The average molecular weight is 285 g/mol. The van der Waals surface area contributed by atoms with Crippen LogP contribution in [0.4, 0.5) is 0 Å². The molecule has 0 saturated carbocycles. The van der Waals surface area contributed by atoms with E-state index in [0.717, 1.165) is 32.2 Å². The maximum atomic E-state index is 11.5. The van der Waals surface area contributed by atoms with Gasteiger partial charge in [0.1, 0.15) is 0 Å². The highest BCUT2D eigenvalue weighted by atomic mass is 32.2. The molecule has 2 rings (SSSR count). The molecule has 4 nitrogen and oxygen atoms in total. The van der Waals surface area contributed by atoms with E-state index in [1.54, 1.807) is 12.5 Å². The van der Waals surface area contributed by atoms with Crippen LogP contribution in [-0.2, 0) is 16.3 Å². The number of sulfone groups is 1. The van der Waals surface area contributed by atoms with E-state index in [1.807, 2.05) is 6.07 Å². The summed E-state index contributed by atoms with van der Waals surface area (Å²) in [4.78, 5) is 0. The topological polar surface area (TPSA) is 59.3 Å². The second-order valence-corrected chi connectivity index (χ2v) is 7.72. The van der Waals surface area contributed by atoms with Crippen LogP contribution in [0.15, 0.2) is 23.0 Å². The van der Waals surface area contributed by atoms with Crippen molar-refractivity contribution in [3.8, 4) is 0 Å². The van der Waals surface area contributed by atoms with Gasteiger partial charge >= 0.3 is 0 Å². The Balaban J connectivity index is 1.90. The van der Waals surface area contributed by atoms with Crippen LogP contribution in [-0.4, -0.2) is 32.5 Å². The zero-order valence-electron chi connectivity index (χ0n) is 11.5. The third-order valence-corrected chi connectivity index (χ3v) is 5.53. The zero-order valence-corrected chi connectivity index (χ0v) is 12.3. The Bertz CT molecular complexity index is 467. The van der Waals surface area contributed by atoms with Crippen molar-refractivity contribution in [1.82, 2.24) is 5.32 Å². The quantitative estimate of drug-likeness (QED) is 0.832. The van der Waals surface area contributed by atoms with Crippen molar-refractivity contribution in [2.75, 3.05) is 18.1 Å². The predicted octanol–water partition coefficient (Wildman–Crippen LogP) is 2.02. The normalized spacial score (nSPS) is 23.5. The molecule has 0 amide bonds. The molecule has 1 aromatic heterocycles. The van der Waals surface area contributed by atoms with Crippen molar-refractivity contribution in [2.24, 2.45) is 5.92 Å². The highest BCUT2D eigenvalue weighted by molar-refractivity contribution is 7.91. The molecule has 1 aromatic rings. The SMILES string of the molecule is CCCNC(Cc1ccoc1)CC1CCS(=O)(=O)C1. The number of nitrogens with one attached hydrogen (secondary N) is 1. The average Bonchev–Trinajstić information content (AvgIpc) is 2.96.